The van der Waals surface area contributed by atoms with Crippen LogP contribution < -0.4 is 30.7 Å². The zero-order valence-corrected chi connectivity index (χ0v) is 43.6. The standard InChI is InChI=1S/C40H62N7O6P6S2/c1-10-26-39(5,55(42)58(43)54-41)52-36-21-15-33(16-22-36)30-45-47(8)57(61)40(6,27-11-2)53-37-23-17-34(18-24-37)29-44-46(7)56(60)38(4,12-3)51-35-19-13-32(14-20-35)25-28-59(48-9)49-31-50-59/h13-25,28-30,54H,10-12,26-27,31,41-43H2,1-9H3/q+3/b28-25+,44-29+,45-30+. The number of ether oxygens (including phenoxy) is 3. The number of hydrogen-bond acceptors (Lipinski definition) is 13. The van der Waals surface area contributed by atoms with Gasteiger partial charge in [-0.15, -0.1) is 28.8 Å². The van der Waals surface area contributed by atoms with Crippen molar-refractivity contribution < 1.29 is 27.8 Å². The first-order chi connectivity index (χ1) is 29.0. The molecule has 0 radical (unpaired) electrons. The van der Waals surface area contributed by atoms with E-state index in [4.69, 9.17) is 78.1 Å². The highest BCUT2D eigenvalue weighted by atomic mass is 32.5. The molecule has 0 spiro atoms. The Morgan fingerprint density at radius 1 is 0.754 bits per heavy atom. The van der Waals surface area contributed by atoms with Crippen LogP contribution in [0.5, 0.6) is 17.2 Å². The summed E-state index contributed by atoms with van der Waals surface area (Å²) >= 11 is 12.2. The Labute approximate surface area is 379 Å². The van der Waals surface area contributed by atoms with E-state index in [1.54, 1.807) is 19.5 Å². The van der Waals surface area contributed by atoms with Gasteiger partial charge in [-0.05, 0) is 112 Å². The zero-order chi connectivity index (χ0) is 44.8. The van der Waals surface area contributed by atoms with Crippen LogP contribution in [0.2, 0.25) is 0 Å². The van der Waals surface area contributed by atoms with Crippen molar-refractivity contribution in [2.24, 2.45) is 26.7 Å². The van der Waals surface area contributed by atoms with Gasteiger partial charge >= 0.3 is 21.6 Å². The van der Waals surface area contributed by atoms with Gasteiger partial charge in [-0.2, -0.15) is 4.52 Å². The first-order valence-electron chi connectivity index (χ1n) is 19.8. The molecule has 1 aliphatic rings. The molecule has 0 saturated carbocycles. The van der Waals surface area contributed by atoms with Crippen molar-refractivity contribution in [3.05, 3.63) is 95.3 Å². The molecule has 13 nitrogen and oxygen atoms in total. The molecule has 332 valence electrons. The number of nitrogens with two attached hydrogens (primary N) is 3. The van der Waals surface area contributed by atoms with Gasteiger partial charge in [0.05, 0.1) is 41.4 Å². The summed E-state index contributed by atoms with van der Waals surface area (Å²) in [6.07, 6.45) is 9.64. The van der Waals surface area contributed by atoms with Crippen LogP contribution in [-0.2, 0) is 37.2 Å². The van der Waals surface area contributed by atoms with E-state index >= 15 is 0 Å². The third-order valence-electron chi connectivity index (χ3n) is 9.84. The van der Waals surface area contributed by atoms with Gasteiger partial charge in [0, 0.05) is 34.1 Å². The normalized spacial score (nSPS) is 18.6. The second-order valence-corrected chi connectivity index (χ2v) is 31.6. The molecule has 8 unspecified atom stereocenters. The van der Waals surface area contributed by atoms with Gasteiger partial charge in [-0.25, -0.2) is 0 Å². The van der Waals surface area contributed by atoms with Crippen molar-refractivity contribution in [1.82, 2.24) is 9.56 Å². The first kappa shape index (κ1) is 51.9. The minimum absolute atomic E-state index is 0.132. The molecule has 1 heterocycles. The smallest absolute Gasteiger partial charge is 0.445 e. The van der Waals surface area contributed by atoms with Gasteiger partial charge < -0.3 is 30.7 Å². The lowest BCUT2D eigenvalue weighted by molar-refractivity contribution is -0.0143. The summed E-state index contributed by atoms with van der Waals surface area (Å²) in [5, 5.41) is 7.66. The summed E-state index contributed by atoms with van der Waals surface area (Å²) < 4.78 is 39.6. The molecule has 1 saturated heterocycles. The van der Waals surface area contributed by atoms with Crippen molar-refractivity contribution in [2.75, 3.05) is 28.0 Å². The summed E-state index contributed by atoms with van der Waals surface area (Å²) in [6, 6.07) is 23.5. The summed E-state index contributed by atoms with van der Waals surface area (Å²) in [5.41, 5.74) is 21.6. The van der Waals surface area contributed by atoms with E-state index in [0.29, 0.717) is 6.42 Å². The summed E-state index contributed by atoms with van der Waals surface area (Å²) in [4.78, 5) is 0. The molecular weight excluding hydrogens is 924 g/mol. The van der Waals surface area contributed by atoms with Crippen LogP contribution in [0.25, 0.3) is 6.08 Å². The van der Waals surface area contributed by atoms with Gasteiger partial charge in [0.1, 0.15) is 28.4 Å². The second-order valence-electron chi connectivity index (χ2n) is 14.6. The van der Waals surface area contributed by atoms with Crippen LogP contribution in [0, 0.1) is 0 Å². The fraction of sp³-hybridized carbons (Fsp3) is 0.450. The summed E-state index contributed by atoms with van der Waals surface area (Å²) in [6.45, 7) is 10.2. The molecule has 8 atom stereocenters. The number of benzene rings is 3. The maximum atomic E-state index is 6.65. The fourth-order valence-electron chi connectivity index (χ4n) is 6.11. The fourth-order valence-corrected chi connectivity index (χ4v) is 17.4. The SMILES string of the molecule is CCCC(C)(Oc1ccc(/C=N/N(C)[P+](=S)C(C)(CCC)Oc2ccc(/C=N/N(C)[P+](=S)C(C)(CC)Oc3ccc(/C=C/[P+]4(OC)OCO4)cc3)cc2)cc1)P(N)P(N)PN. The van der Waals surface area contributed by atoms with Crippen LogP contribution in [-0.4, -0.2) is 66.0 Å². The molecule has 61 heavy (non-hydrogen) atoms. The molecule has 3 aromatic carbocycles. The summed E-state index contributed by atoms with van der Waals surface area (Å²) in [5.74, 6) is 4.04. The Bertz CT molecular complexity index is 1980. The van der Waals surface area contributed by atoms with Crippen LogP contribution in [0.3, 0.4) is 0 Å². The largest absolute Gasteiger partial charge is 0.481 e. The van der Waals surface area contributed by atoms with Gasteiger partial charge in [0.25, 0.3) is 10.7 Å². The van der Waals surface area contributed by atoms with Crippen LogP contribution in [0.15, 0.2) is 88.8 Å². The van der Waals surface area contributed by atoms with Crippen molar-refractivity contribution in [3.63, 3.8) is 0 Å². The molecule has 0 amide bonds. The zero-order valence-electron chi connectivity index (χ0n) is 36.5. The molecule has 1 fully saturated rings. The Hall–Kier alpha value is -1.74. The summed E-state index contributed by atoms with van der Waals surface area (Å²) in [7, 11) is 1.17. The minimum atomic E-state index is -2.33. The van der Waals surface area contributed by atoms with Gasteiger partial charge in [0.2, 0.25) is 6.79 Å². The maximum absolute atomic E-state index is 6.65. The lowest BCUT2D eigenvalue weighted by Gasteiger charge is -2.38. The molecular formula is C40H62N7O6P6S2+3. The van der Waals surface area contributed by atoms with Gasteiger partial charge in [-0.1, -0.05) is 39.3 Å². The van der Waals surface area contributed by atoms with Crippen molar-refractivity contribution in [1.29, 1.82) is 0 Å². The predicted molar refractivity (Wildman–Crippen MR) is 271 cm³/mol. The Balaban J connectivity index is 1.35. The molecule has 3 aromatic rings. The van der Waals surface area contributed by atoms with Crippen molar-refractivity contribution in [2.45, 2.75) is 89.7 Å². The Kier molecular flexibility index (Phi) is 20.4. The van der Waals surface area contributed by atoms with E-state index in [1.165, 1.54) is 0 Å². The van der Waals surface area contributed by atoms with Crippen molar-refractivity contribution in [3.8, 4) is 17.2 Å². The number of hydrogen-bond donors (Lipinski definition) is 3. The van der Waals surface area contributed by atoms with E-state index in [-0.39, 0.29) is 15.2 Å². The first-order valence-corrected chi connectivity index (χ1v) is 31.5. The lowest BCUT2D eigenvalue weighted by Crippen LogP contribution is -2.32. The van der Waals surface area contributed by atoms with E-state index in [2.05, 4.69) is 27.7 Å². The number of rotatable bonds is 25. The lowest BCUT2D eigenvalue weighted by atomic mass is 10.2. The second kappa shape index (κ2) is 24.0. The average molecular weight is 987 g/mol. The van der Waals surface area contributed by atoms with E-state index < -0.39 is 52.9 Å². The Morgan fingerprint density at radius 2 is 1.20 bits per heavy atom. The highest BCUT2D eigenvalue weighted by Gasteiger charge is 2.51. The van der Waals surface area contributed by atoms with Crippen LogP contribution in [0.1, 0.15) is 90.3 Å². The van der Waals surface area contributed by atoms with E-state index in [0.717, 1.165) is 59.6 Å². The van der Waals surface area contributed by atoms with Crippen LogP contribution >= 0.6 is 45.3 Å². The van der Waals surface area contributed by atoms with E-state index in [1.807, 2.05) is 122 Å². The molecule has 21 heteroatoms. The molecule has 6 N–H and O–H groups in total. The number of nitrogens with zero attached hydrogens (tertiary/aromatic N) is 4. The Morgan fingerprint density at radius 3 is 1.61 bits per heavy atom. The average Bonchev–Trinajstić information content (AvgIpc) is 3.24. The maximum Gasteiger partial charge on any atom is 0.445 e. The molecule has 4 rings (SSSR count). The van der Waals surface area contributed by atoms with Crippen LogP contribution in [0.4, 0.5) is 0 Å². The third-order valence-corrected chi connectivity index (χ3v) is 27.6. The highest BCUT2D eigenvalue weighted by Crippen LogP contribution is 2.74. The monoisotopic (exact) mass is 986 g/mol. The van der Waals surface area contributed by atoms with Gasteiger partial charge in [0.15, 0.2) is 23.6 Å². The molecule has 1 aliphatic heterocycles. The van der Waals surface area contributed by atoms with Crippen molar-refractivity contribution >= 4 is 87.4 Å². The molecule has 0 bridgehead atoms. The minimum Gasteiger partial charge on any atom is -0.481 e. The van der Waals surface area contributed by atoms with E-state index in [9.17, 15) is 0 Å². The quantitative estimate of drug-likeness (QED) is 0.0418. The predicted octanol–water partition coefficient (Wildman–Crippen LogP) is 12.1. The molecule has 0 aliphatic carbocycles. The topological polar surface area (TPSA) is 165 Å². The third kappa shape index (κ3) is 14.4. The number of hydrazone groups is 2. The van der Waals surface area contributed by atoms with Gasteiger partial charge in [-0.3, -0.25) is 0 Å². The molecule has 0 aromatic heterocycles. The highest BCUT2D eigenvalue weighted by molar-refractivity contribution is 8.55.